The molecule has 0 saturated heterocycles. The van der Waals surface area contributed by atoms with Gasteiger partial charge in [0.1, 0.15) is 5.75 Å². The topological polar surface area (TPSA) is 55.0 Å². The number of aromatic amines is 1. The normalized spacial score (nSPS) is 10.6. The largest absolute Gasteiger partial charge is 0.493 e. The van der Waals surface area contributed by atoms with Gasteiger partial charge in [0.25, 0.3) is 5.56 Å². The number of halogens is 1. The molecule has 2 rings (SSSR count). The van der Waals surface area contributed by atoms with Crippen LogP contribution < -0.4 is 10.3 Å². The lowest BCUT2D eigenvalue weighted by Gasteiger charge is -2.06. The highest BCUT2D eigenvalue weighted by Gasteiger charge is 2.02. The van der Waals surface area contributed by atoms with Crippen LogP contribution in [0.25, 0.3) is 0 Å². The van der Waals surface area contributed by atoms with Crippen molar-refractivity contribution in [2.45, 2.75) is 24.9 Å². The van der Waals surface area contributed by atoms with Crippen molar-refractivity contribution in [2.75, 3.05) is 12.4 Å². The second-order valence-electron chi connectivity index (χ2n) is 4.45. The van der Waals surface area contributed by atoms with Crippen LogP contribution in [-0.2, 0) is 6.42 Å². The first-order chi connectivity index (χ1) is 10.2. The Bertz CT molecular complexity index is 646. The third kappa shape index (κ3) is 5.55. The Morgan fingerprint density at radius 2 is 2.24 bits per heavy atom. The van der Waals surface area contributed by atoms with E-state index in [2.05, 4.69) is 32.8 Å². The van der Waals surface area contributed by atoms with E-state index in [1.165, 1.54) is 11.8 Å². The van der Waals surface area contributed by atoms with Gasteiger partial charge in [-0.15, -0.1) is 0 Å². The first kappa shape index (κ1) is 16.1. The van der Waals surface area contributed by atoms with Crippen molar-refractivity contribution in [1.29, 1.82) is 0 Å². The van der Waals surface area contributed by atoms with E-state index in [1.54, 1.807) is 6.07 Å². The van der Waals surface area contributed by atoms with Crippen molar-refractivity contribution in [1.82, 2.24) is 9.97 Å². The van der Waals surface area contributed by atoms with E-state index in [0.29, 0.717) is 11.8 Å². The highest BCUT2D eigenvalue weighted by molar-refractivity contribution is 9.10. The maximum absolute atomic E-state index is 11.5. The lowest BCUT2D eigenvalue weighted by Crippen LogP contribution is -2.11. The number of rotatable bonds is 7. The summed E-state index contributed by atoms with van der Waals surface area (Å²) in [6.07, 6.45) is 1.80. The zero-order valence-corrected chi connectivity index (χ0v) is 14.2. The second-order valence-corrected chi connectivity index (χ2v) is 6.45. The third-order valence-electron chi connectivity index (χ3n) is 2.67. The summed E-state index contributed by atoms with van der Waals surface area (Å²) in [4.78, 5) is 18.7. The Kier molecular flexibility index (Phi) is 6.32. The van der Waals surface area contributed by atoms with Gasteiger partial charge in [0.2, 0.25) is 0 Å². The average molecular weight is 369 g/mol. The van der Waals surface area contributed by atoms with Crippen molar-refractivity contribution in [2.24, 2.45) is 0 Å². The Hall–Kier alpha value is -1.27. The molecule has 6 heteroatoms. The molecule has 2 aromatic rings. The van der Waals surface area contributed by atoms with Gasteiger partial charge in [-0.1, -0.05) is 47.1 Å². The number of aryl methyl sites for hydroxylation is 1. The number of nitrogens with one attached hydrogen (secondary N) is 1. The summed E-state index contributed by atoms with van der Waals surface area (Å²) in [5, 5.41) is 0.656. The molecule has 1 N–H and O–H groups in total. The minimum Gasteiger partial charge on any atom is -0.493 e. The molecule has 0 aliphatic heterocycles. The van der Waals surface area contributed by atoms with Crippen molar-refractivity contribution < 1.29 is 4.74 Å². The monoisotopic (exact) mass is 368 g/mol. The van der Waals surface area contributed by atoms with E-state index in [-0.39, 0.29) is 5.56 Å². The molecular formula is C15H17BrN2O2S. The van der Waals surface area contributed by atoms with Crippen LogP contribution in [-0.4, -0.2) is 22.3 Å². The van der Waals surface area contributed by atoms with E-state index in [1.807, 2.05) is 24.3 Å². The first-order valence-electron chi connectivity index (χ1n) is 6.79. The lowest BCUT2D eigenvalue weighted by atomic mass is 10.2. The minimum absolute atomic E-state index is 0.0936. The van der Waals surface area contributed by atoms with Crippen LogP contribution in [0.3, 0.4) is 0 Å². The Balaban J connectivity index is 1.84. The van der Waals surface area contributed by atoms with Gasteiger partial charge in [-0.2, -0.15) is 0 Å². The van der Waals surface area contributed by atoms with Gasteiger partial charge < -0.3 is 9.72 Å². The van der Waals surface area contributed by atoms with Crippen LogP contribution in [0, 0.1) is 0 Å². The molecule has 0 unspecified atom stereocenters. The number of hydrogen-bond acceptors (Lipinski definition) is 4. The molecule has 1 aromatic heterocycles. The molecule has 0 aliphatic carbocycles. The van der Waals surface area contributed by atoms with E-state index in [0.717, 1.165) is 34.5 Å². The number of ether oxygens (including phenoxy) is 1. The molecule has 0 aliphatic rings. The van der Waals surface area contributed by atoms with Crippen molar-refractivity contribution in [3.63, 3.8) is 0 Å². The number of H-pyrrole nitrogens is 1. The summed E-state index contributed by atoms with van der Waals surface area (Å²) < 4.78 is 6.64. The van der Waals surface area contributed by atoms with Crippen LogP contribution >= 0.6 is 27.7 Å². The molecule has 1 heterocycles. The van der Waals surface area contributed by atoms with Gasteiger partial charge in [-0.3, -0.25) is 4.79 Å². The molecule has 0 fully saturated rings. The summed E-state index contributed by atoms with van der Waals surface area (Å²) in [6, 6.07) is 9.28. The number of thioether (sulfide) groups is 1. The fourth-order valence-corrected chi connectivity index (χ4v) is 2.88. The molecule has 0 saturated carbocycles. The van der Waals surface area contributed by atoms with Crippen molar-refractivity contribution >= 4 is 27.7 Å². The molecule has 0 amide bonds. The number of benzene rings is 1. The smallest absolute Gasteiger partial charge is 0.251 e. The van der Waals surface area contributed by atoms with Gasteiger partial charge in [0, 0.05) is 22.0 Å². The average Bonchev–Trinajstić information content (AvgIpc) is 2.43. The molecule has 4 nitrogen and oxygen atoms in total. The quantitative estimate of drug-likeness (QED) is 0.460. The van der Waals surface area contributed by atoms with Gasteiger partial charge in [-0.25, -0.2) is 4.98 Å². The summed E-state index contributed by atoms with van der Waals surface area (Å²) in [7, 11) is 0. The molecule has 0 bridgehead atoms. The van der Waals surface area contributed by atoms with Crippen LogP contribution in [0.5, 0.6) is 5.75 Å². The maximum atomic E-state index is 11.5. The number of hydrogen-bond donors (Lipinski definition) is 1. The Morgan fingerprint density at radius 3 is 3.00 bits per heavy atom. The van der Waals surface area contributed by atoms with E-state index < -0.39 is 0 Å². The van der Waals surface area contributed by atoms with E-state index in [9.17, 15) is 4.79 Å². The predicted octanol–water partition coefficient (Wildman–Crippen LogP) is 3.66. The maximum Gasteiger partial charge on any atom is 0.251 e. The number of aromatic nitrogens is 2. The summed E-state index contributed by atoms with van der Waals surface area (Å²) in [5.41, 5.74) is 0.750. The Labute approximate surface area is 136 Å². The standard InChI is InChI=1S/C15H17BrN2O2S/c1-2-4-12-10-14(19)18-15(17-12)21-8-7-20-13-6-3-5-11(16)9-13/h3,5-6,9-10H,2,4,7-8H2,1H3,(H,17,18,19). The molecule has 1 aromatic carbocycles. The zero-order chi connectivity index (χ0) is 15.1. The highest BCUT2D eigenvalue weighted by atomic mass is 79.9. The molecule has 0 radical (unpaired) electrons. The van der Waals surface area contributed by atoms with Crippen molar-refractivity contribution in [3.05, 3.63) is 50.9 Å². The SMILES string of the molecule is CCCc1cc(=O)[nH]c(SCCOc2cccc(Br)c2)n1. The minimum atomic E-state index is -0.0936. The second kappa shape index (κ2) is 8.24. The molecular weight excluding hydrogens is 352 g/mol. The van der Waals surface area contributed by atoms with Crippen LogP contribution in [0.4, 0.5) is 0 Å². The molecule has 112 valence electrons. The molecule has 0 spiro atoms. The third-order valence-corrected chi connectivity index (χ3v) is 4.00. The highest BCUT2D eigenvalue weighted by Crippen LogP contribution is 2.18. The van der Waals surface area contributed by atoms with E-state index >= 15 is 0 Å². The van der Waals surface area contributed by atoms with Gasteiger partial charge in [0.15, 0.2) is 5.16 Å². The Morgan fingerprint density at radius 1 is 1.38 bits per heavy atom. The molecule has 0 atom stereocenters. The van der Waals surface area contributed by atoms with Crippen molar-refractivity contribution in [3.8, 4) is 5.75 Å². The van der Waals surface area contributed by atoms with Gasteiger partial charge in [0.05, 0.1) is 6.61 Å². The van der Waals surface area contributed by atoms with E-state index in [4.69, 9.17) is 4.74 Å². The fourth-order valence-electron chi connectivity index (χ4n) is 1.79. The fraction of sp³-hybridized carbons (Fsp3) is 0.333. The summed E-state index contributed by atoms with van der Waals surface area (Å²) >= 11 is 4.90. The lowest BCUT2D eigenvalue weighted by molar-refractivity contribution is 0.343. The van der Waals surface area contributed by atoms with Crippen LogP contribution in [0.1, 0.15) is 19.0 Å². The summed E-state index contributed by atoms with van der Waals surface area (Å²) in [5.74, 6) is 1.55. The van der Waals surface area contributed by atoms with Gasteiger partial charge >= 0.3 is 0 Å². The number of nitrogens with zero attached hydrogens (tertiary/aromatic N) is 1. The van der Waals surface area contributed by atoms with Gasteiger partial charge in [-0.05, 0) is 24.6 Å². The zero-order valence-electron chi connectivity index (χ0n) is 11.8. The molecule has 21 heavy (non-hydrogen) atoms. The predicted molar refractivity (Wildman–Crippen MR) is 89.2 cm³/mol. The van der Waals surface area contributed by atoms with Crippen LogP contribution in [0.2, 0.25) is 0 Å². The first-order valence-corrected chi connectivity index (χ1v) is 8.56. The van der Waals surface area contributed by atoms with Crippen LogP contribution in [0.15, 0.2) is 44.8 Å². The summed E-state index contributed by atoms with van der Waals surface area (Å²) in [6.45, 7) is 2.63.